The summed E-state index contributed by atoms with van der Waals surface area (Å²) in [5, 5.41) is 23.0. The second-order valence-corrected chi connectivity index (χ2v) is 8.80. The summed E-state index contributed by atoms with van der Waals surface area (Å²) in [4.78, 5) is 23.5. The number of hydrogen-bond acceptors (Lipinski definition) is 8. The van der Waals surface area contributed by atoms with Gasteiger partial charge in [0.25, 0.3) is 0 Å². The summed E-state index contributed by atoms with van der Waals surface area (Å²) >= 11 is 1.50. The fourth-order valence-electron chi connectivity index (χ4n) is 3.93. The van der Waals surface area contributed by atoms with Crippen molar-refractivity contribution in [2.24, 2.45) is 5.10 Å². The molecular formula is C23H26N4O5S. The lowest BCUT2D eigenvalue weighted by Crippen LogP contribution is -2.22. The van der Waals surface area contributed by atoms with Gasteiger partial charge in [-0.15, -0.1) is 10.2 Å². The maximum absolute atomic E-state index is 12.8. The number of aromatic nitrogens is 3. The molecule has 2 aliphatic rings. The highest BCUT2D eigenvalue weighted by molar-refractivity contribution is 7.99. The summed E-state index contributed by atoms with van der Waals surface area (Å²) in [7, 11) is 0. The van der Waals surface area contributed by atoms with E-state index >= 15 is 0 Å². The van der Waals surface area contributed by atoms with E-state index in [0.717, 1.165) is 29.4 Å². The Morgan fingerprint density at radius 1 is 1.18 bits per heavy atom. The Kier molecular flexibility index (Phi) is 7.43. The Bertz CT molecular complexity index is 1070. The fraction of sp³-hybridized carbons (Fsp3) is 0.435. The lowest BCUT2D eigenvalue weighted by atomic mass is 9.89. The van der Waals surface area contributed by atoms with Crippen molar-refractivity contribution < 1.29 is 24.2 Å². The second kappa shape index (κ2) is 10.7. The zero-order chi connectivity index (χ0) is 23.2. The van der Waals surface area contributed by atoms with Gasteiger partial charge in [-0.2, -0.15) is 9.78 Å². The molecule has 1 N–H and O–H groups in total. The van der Waals surface area contributed by atoms with Crippen LogP contribution in [0.15, 0.2) is 40.1 Å². The molecule has 2 heterocycles. The molecule has 0 saturated heterocycles. The van der Waals surface area contributed by atoms with E-state index in [-0.39, 0.29) is 6.61 Å². The van der Waals surface area contributed by atoms with Crippen LogP contribution in [-0.4, -0.2) is 56.6 Å². The number of rotatable bonds is 8. The first-order valence-corrected chi connectivity index (χ1v) is 12.0. The normalized spacial score (nSPS) is 16.6. The first kappa shape index (κ1) is 23.0. The minimum atomic E-state index is -1.04. The Morgan fingerprint density at radius 3 is 2.64 bits per heavy atom. The molecule has 174 valence electrons. The second-order valence-electron chi connectivity index (χ2n) is 7.85. The van der Waals surface area contributed by atoms with Gasteiger partial charge >= 0.3 is 11.9 Å². The molecule has 10 heteroatoms. The first-order valence-electron chi connectivity index (χ1n) is 11.0. The number of thioether (sulfide) groups is 1. The van der Waals surface area contributed by atoms with Crippen molar-refractivity contribution in [1.29, 1.82) is 0 Å². The van der Waals surface area contributed by atoms with Gasteiger partial charge in [0.2, 0.25) is 5.16 Å². The average Bonchev–Trinajstić information content (AvgIpc) is 3.26. The predicted octanol–water partition coefficient (Wildman–Crippen LogP) is 3.75. The van der Waals surface area contributed by atoms with Crippen LogP contribution in [0.5, 0.6) is 5.75 Å². The molecule has 1 aliphatic carbocycles. The van der Waals surface area contributed by atoms with Gasteiger partial charge in [0, 0.05) is 11.7 Å². The van der Waals surface area contributed by atoms with Crippen LogP contribution in [-0.2, 0) is 14.3 Å². The number of esters is 1. The van der Waals surface area contributed by atoms with Crippen LogP contribution in [0.4, 0.5) is 0 Å². The van der Waals surface area contributed by atoms with Gasteiger partial charge in [-0.25, -0.2) is 9.59 Å². The van der Waals surface area contributed by atoms with Crippen molar-refractivity contribution in [2.45, 2.75) is 50.1 Å². The summed E-state index contributed by atoms with van der Waals surface area (Å²) in [6, 6.07) is 6.83. The molecule has 1 saturated carbocycles. The number of carboxylic acids is 1. The van der Waals surface area contributed by atoms with Crippen LogP contribution in [0.25, 0.3) is 6.08 Å². The predicted molar refractivity (Wildman–Crippen MR) is 124 cm³/mol. The van der Waals surface area contributed by atoms with E-state index in [0.29, 0.717) is 28.7 Å². The number of ether oxygens (including phenoxy) is 2. The van der Waals surface area contributed by atoms with Crippen LogP contribution in [0.1, 0.15) is 56.3 Å². The number of benzene rings is 1. The van der Waals surface area contributed by atoms with Gasteiger partial charge in [-0.1, -0.05) is 43.2 Å². The monoisotopic (exact) mass is 470 g/mol. The molecule has 9 nitrogen and oxygen atoms in total. The SMILES string of the molecule is CCOC(=O)/C(=C\c1ccc(OCC(=O)O)cc1)C1=Nn2c(nnc2C2CCCCC2)SC1. The minimum Gasteiger partial charge on any atom is -0.482 e. The number of fused-ring (bicyclic) bond motifs is 1. The molecule has 1 fully saturated rings. The third-order valence-electron chi connectivity index (χ3n) is 5.52. The summed E-state index contributed by atoms with van der Waals surface area (Å²) in [6.07, 6.45) is 7.48. The lowest BCUT2D eigenvalue weighted by Gasteiger charge is -2.22. The largest absolute Gasteiger partial charge is 0.482 e. The van der Waals surface area contributed by atoms with Crippen LogP contribution in [0, 0.1) is 0 Å². The van der Waals surface area contributed by atoms with E-state index in [2.05, 4.69) is 10.2 Å². The van der Waals surface area contributed by atoms with E-state index in [9.17, 15) is 9.59 Å². The van der Waals surface area contributed by atoms with Crippen molar-refractivity contribution in [3.63, 3.8) is 0 Å². The fourth-order valence-corrected chi connectivity index (χ4v) is 4.77. The molecule has 0 amide bonds. The quantitative estimate of drug-likeness (QED) is 0.458. The molecule has 2 aromatic rings. The number of carbonyl (C=O) groups excluding carboxylic acids is 1. The molecule has 0 atom stereocenters. The van der Waals surface area contributed by atoms with E-state index in [1.54, 1.807) is 41.9 Å². The Hall–Kier alpha value is -3.14. The number of aliphatic carboxylic acids is 1. The molecule has 33 heavy (non-hydrogen) atoms. The number of carboxylic acid groups (broad SMARTS) is 1. The molecular weight excluding hydrogens is 444 g/mol. The lowest BCUT2D eigenvalue weighted by molar-refractivity contribution is -0.139. The van der Waals surface area contributed by atoms with Crippen molar-refractivity contribution in [3.8, 4) is 5.75 Å². The third kappa shape index (κ3) is 5.62. The van der Waals surface area contributed by atoms with Gasteiger partial charge < -0.3 is 14.6 Å². The molecule has 0 bridgehead atoms. The molecule has 1 aromatic carbocycles. The maximum Gasteiger partial charge on any atom is 0.341 e. The van der Waals surface area contributed by atoms with Crippen LogP contribution in [0.2, 0.25) is 0 Å². The summed E-state index contributed by atoms with van der Waals surface area (Å²) < 4.78 is 12.3. The minimum absolute atomic E-state index is 0.254. The Balaban J connectivity index is 1.63. The smallest absolute Gasteiger partial charge is 0.341 e. The maximum atomic E-state index is 12.8. The topological polar surface area (TPSA) is 116 Å². The van der Waals surface area contributed by atoms with Gasteiger partial charge in [-0.3, -0.25) is 0 Å². The Morgan fingerprint density at radius 2 is 1.94 bits per heavy atom. The third-order valence-corrected chi connectivity index (χ3v) is 6.46. The number of nitrogens with zero attached hydrogens (tertiary/aromatic N) is 4. The van der Waals surface area contributed by atoms with Crippen molar-refractivity contribution in [1.82, 2.24) is 14.9 Å². The summed E-state index contributed by atoms with van der Waals surface area (Å²) in [5.74, 6) is 0.613. The highest BCUT2D eigenvalue weighted by atomic mass is 32.2. The highest BCUT2D eigenvalue weighted by Gasteiger charge is 2.28. The number of carbonyl (C=O) groups is 2. The molecule has 1 aromatic heterocycles. The summed E-state index contributed by atoms with van der Waals surface area (Å²) in [6.45, 7) is 1.60. The van der Waals surface area contributed by atoms with Crippen LogP contribution >= 0.6 is 11.8 Å². The van der Waals surface area contributed by atoms with Crippen molar-refractivity contribution in [2.75, 3.05) is 19.0 Å². The van der Waals surface area contributed by atoms with E-state index in [4.69, 9.17) is 19.7 Å². The Labute approximate surface area is 195 Å². The van der Waals surface area contributed by atoms with Gasteiger partial charge in [0.15, 0.2) is 12.4 Å². The van der Waals surface area contributed by atoms with E-state index in [1.165, 1.54) is 31.0 Å². The van der Waals surface area contributed by atoms with E-state index < -0.39 is 18.5 Å². The van der Waals surface area contributed by atoms with Crippen LogP contribution in [0.3, 0.4) is 0 Å². The zero-order valence-electron chi connectivity index (χ0n) is 18.4. The van der Waals surface area contributed by atoms with Crippen molar-refractivity contribution in [3.05, 3.63) is 41.2 Å². The molecule has 0 unspecified atom stereocenters. The highest BCUT2D eigenvalue weighted by Crippen LogP contribution is 2.35. The number of hydrogen-bond donors (Lipinski definition) is 1. The van der Waals surface area contributed by atoms with Gasteiger partial charge in [0.05, 0.1) is 17.9 Å². The zero-order valence-corrected chi connectivity index (χ0v) is 19.2. The summed E-state index contributed by atoms with van der Waals surface area (Å²) in [5.41, 5.74) is 1.72. The van der Waals surface area contributed by atoms with Gasteiger partial charge in [0.1, 0.15) is 5.75 Å². The van der Waals surface area contributed by atoms with E-state index in [1.807, 2.05) is 0 Å². The van der Waals surface area contributed by atoms with Crippen LogP contribution < -0.4 is 4.74 Å². The molecule has 0 radical (unpaired) electrons. The molecule has 1 aliphatic heterocycles. The van der Waals surface area contributed by atoms with Gasteiger partial charge in [-0.05, 0) is 43.5 Å². The average molecular weight is 471 g/mol. The molecule has 0 spiro atoms. The van der Waals surface area contributed by atoms with Crippen molar-refractivity contribution >= 4 is 35.5 Å². The first-order chi connectivity index (χ1) is 16.0. The molecule has 4 rings (SSSR count). The standard InChI is InChI=1S/C23H26N4O5S/c1-2-31-22(30)18(12-15-8-10-17(11-9-15)32-13-20(28)29)19-14-33-23-25-24-21(27(23)26-19)16-6-4-3-5-7-16/h8-12,16H,2-7,13-14H2,1H3,(H,28,29)/b18-12-.